The monoisotopic (exact) mass is 266 g/mol. The highest BCUT2D eigenvalue weighted by atomic mass is 32.2. The maximum Gasteiger partial charge on any atom is 0.253 e. The lowest BCUT2D eigenvalue weighted by Crippen LogP contribution is -2.32. The van der Waals surface area contributed by atoms with E-state index in [4.69, 9.17) is 5.84 Å². The van der Waals surface area contributed by atoms with Crippen molar-refractivity contribution in [2.45, 2.75) is 24.5 Å². The van der Waals surface area contributed by atoms with E-state index >= 15 is 0 Å². The Kier molecular flexibility index (Phi) is 4.83. The van der Waals surface area contributed by atoms with Crippen LogP contribution in [0.3, 0.4) is 0 Å². The van der Waals surface area contributed by atoms with Crippen molar-refractivity contribution >= 4 is 23.4 Å². The number of nitrogens with two attached hydrogens (primary N) is 1. The number of carbonyl (C=O) groups is 1. The van der Waals surface area contributed by atoms with Gasteiger partial charge in [0, 0.05) is 18.0 Å². The number of aromatic nitrogens is 1. The summed E-state index contributed by atoms with van der Waals surface area (Å²) in [6.45, 7) is 0.718. The van der Waals surface area contributed by atoms with Crippen molar-refractivity contribution in [3.63, 3.8) is 0 Å². The Morgan fingerprint density at radius 1 is 1.56 bits per heavy atom. The van der Waals surface area contributed by atoms with E-state index in [0.29, 0.717) is 16.5 Å². The number of thioether (sulfide) groups is 1. The molecule has 2 heterocycles. The van der Waals surface area contributed by atoms with E-state index < -0.39 is 0 Å². The molecule has 1 atom stereocenters. The van der Waals surface area contributed by atoms with Gasteiger partial charge in [0.25, 0.3) is 5.91 Å². The summed E-state index contributed by atoms with van der Waals surface area (Å²) in [5.74, 6) is 6.45. The number of hydrazine groups is 1. The smallest absolute Gasteiger partial charge is 0.253 e. The van der Waals surface area contributed by atoms with Gasteiger partial charge in [-0.3, -0.25) is 15.6 Å². The lowest BCUT2D eigenvalue weighted by molar-refractivity contribution is 0.0954. The van der Waals surface area contributed by atoms with Crippen LogP contribution in [0, 0.1) is 0 Å². The average molecular weight is 266 g/mol. The van der Waals surface area contributed by atoms with Crippen LogP contribution >= 0.6 is 11.8 Å². The standard InChI is InChI=1S/C12H18N4OS/c13-16-11-8-14-5-4-10(11)12(17)15-7-9-3-1-2-6-18-9/h4-5,8-9,16H,1-3,6-7,13H2,(H,15,17). The minimum absolute atomic E-state index is 0.100. The SMILES string of the molecule is NNc1cnccc1C(=O)NCC1CCCCS1. The fourth-order valence-electron chi connectivity index (χ4n) is 1.98. The van der Waals surface area contributed by atoms with Gasteiger partial charge >= 0.3 is 0 Å². The number of carbonyl (C=O) groups excluding carboxylic acids is 1. The maximum atomic E-state index is 12.0. The van der Waals surface area contributed by atoms with Crippen molar-refractivity contribution in [2.24, 2.45) is 5.84 Å². The molecule has 0 saturated carbocycles. The van der Waals surface area contributed by atoms with Crippen LogP contribution in [-0.2, 0) is 0 Å². The van der Waals surface area contributed by atoms with Crippen molar-refractivity contribution in [2.75, 3.05) is 17.7 Å². The fourth-order valence-corrected chi connectivity index (χ4v) is 3.22. The van der Waals surface area contributed by atoms with Crippen LogP contribution < -0.4 is 16.6 Å². The molecule has 2 rings (SSSR count). The quantitative estimate of drug-likeness (QED) is 0.567. The molecule has 1 aromatic heterocycles. The van der Waals surface area contributed by atoms with E-state index in [1.807, 2.05) is 11.8 Å². The third-order valence-electron chi connectivity index (χ3n) is 2.99. The first kappa shape index (κ1) is 13.2. The molecule has 6 heteroatoms. The van der Waals surface area contributed by atoms with Gasteiger partial charge in [0.05, 0.1) is 17.4 Å². The van der Waals surface area contributed by atoms with Crippen LogP contribution in [0.2, 0.25) is 0 Å². The molecular formula is C12H18N4OS. The largest absolute Gasteiger partial charge is 0.351 e. The highest BCUT2D eigenvalue weighted by molar-refractivity contribution is 7.99. The summed E-state index contributed by atoms with van der Waals surface area (Å²) in [6, 6.07) is 1.67. The molecule has 0 aromatic carbocycles. The van der Waals surface area contributed by atoms with Crippen LogP contribution in [0.15, 0.2) is 18.5 Å². The number of nitrogens with zero attached hydrogens (tertiary/aromatic N) is 1. The van der Waals surface area contributed by atoms with Gasteiger partial charge in [-0.1, -0.05) is 6.42 Å². The zero-order chi connectivity index (χ0) is 12.8. The van der Waals surface area contributed by atoms with E-state index in [1.54, 1.807) is 18.5 Å². The predicted octanol–water partition coefficient (Wildman–Crippen LogP) is 1.38. The van der Waals surface area contributed by atoms with Gasteiger partial charge in [-0.05, 0) is 24.7 Å². The van der Waals surface area contributed by atoms with E-state index in [9.17, 15) is 4.79 Å². The van der Waals surface area contributed by atoms with Gasteiger partial charge in [-0.2, -0.15) is 11.8 Å². The molecule has 0 radical (unpaired) electrons. The predicted molar refractivity (Wildman–Crippen MR) is 74.5 cm³/mol. The second-order valence-corrected chi connectivity index (χ2v) is 5.67. The Bertz CT molecular complexity index is 407. The number of nitrogen functional groups attached to an aromatic ring is 1. The minimum atomic E-state index is -0.100. The normalized spacial score (nSPS) is 19.3. The van der Waals surface area contributed by atoms with Crippen molar-refractivity contribution in [1.82, 2.24) is 10.3 Å². The van der Waals surface area contributed by atoms with E-state index in [2.05, 4.69) is 15.7 Å². The summed E-state index contributed by atoms with van der Waals surface area (Å²) >= 11 is 1.94. The van der Waals surface area contributed by atoms with Crippen molar-refractivity contribution in [1.29, 1.82) is 0 Å². The molecule has 5 nitrogen and oxygen atoms in total. The number of nitrogens with one attached hydrogen (secondary N) is 2. The minimum Gasteiger partial charge on any atom is -0.351 e. The van der Waals surface area contributed by atoms with Gasteiger partial charge in [-0.25, -0.2) is 0 Å². The summed E-state index contributed by atoms with van der Waals surface area (Å²) in [4.78, 5) is 15.9. The van der Waals surface area contributed by atoms with Crippen molar-refractivity contribution in [3.8, 4) is 0 Å². The summed E-state index contributed by atoms with van der Waals surface area (Å²) in [6.07, 6.45) is 6.87. The number of anilines is 1. The third-order valence-corrected chi connectivity index (χ3v) is 4.38. The molecule has 18 heavy (non-hydrogen) atoms. The zero-order valence-corrected chi connectivity index (χ0v) is 11.0. The second-order valence-electron chi connectivity index (χ2n) is 4.26. The Morgan fingerprint density at radius 2 is 2.44 bits per heavy atom. The number of hydrogen-bond donors (Lipinski definition) is 3. The number of hydrogen-bond acceptors (Lipinski definition) is 5. The molecule has 1 saturated heterocycles. The first-order chi connectivity index (χ1) is 8.81. The molecule has 0 spiro atoms. The highest BCUT2D eigenvalue weighted by Gasteiger charge is 2.16. The lowest BCUT2D eigenvalue weighted by Gasteiger charge is -2.21. The van der Waals surface area contributed by atoms with Gasteiger partial charge in [0.1, 0.15) is 0 Å². The fraction of sp³-hybridized carbons (Fsp3) is 0.500. The van der Waals surface area contributed by atoms with E-state index in [0.717, 1.165) is 6.54 Å². The van der Waals surface area contributed by atoms with E-state index in [-0.39, 0.29) is 5.91 Å². The van der Waals surface area contributed by atoms with Gasteiger partial charge in [0.15, 0.2) is 0 Å². The van der Waals surface area contributed by atoms with Crippen molar-refractivity contribution in [3.05, 3.63) is 24.0 Å². The Balaban J connectivity index is 1.90. The Labute approximate surface area is 111 Å². The van der Waals surface area contributed by atoms with Gasteiger partial charge in [0.2, 0.25) is 0 Å². The summed E-state index contributed by atoms with van der Waals surface area (Å²) in [5.41, 5.74) is 3.57. The summed E-state index contributed by atoms with van der Waals surface area (Å²) < 4.78 is 0. The molecule has 1 aliphatic rings. The average Bonchev–Trinajstić information content (AvgIpc) is 2.45. The third kappa shape index (κ3) is 3.36. The summed E-state index contributed by atoms with van der Waals surface area (Å²) in [5, 5.41) is 3.50. The maximum absolute atomic E-state index is 12.0. The molecule has 4 N–H and O–H groups in total. The molecule has 0 aliphatic carbocycles. The van der Waals surface area contributed by atoms with Crippen LogP contribution in [0.4, 0.5) is 5.69 Å². The van der Waals surface area contributed by atoms with Gasteiger partial charge in [-0.15, -0.1) is 0 Å². The first-order valence-electron chi connectivity index (χ1n) is 6.11. The number of pyridine rings is 1. The number of amides is 1. The Hall–Kier alpha value is -1.27. The number of rotatable bonds is 4. The molecule has 98 valence electrons. The molecule has 1 unspecified atom stereocenters. The zero-order valence-electron chi connectivity index (χ0n) is 10.2. The molecule has 0 bridgehead atoms. The molecule has 1 amide bonds. The van der Waals surface area contributed by atoms with Crippen molar-refractivity contribution < 1.29 is 4.79 Å². The molecule has 1 fully saturated rings. The van der Waals surface area contributed by atoms with Crippen LogP contribution in [-0.4, -0.2) is 28.4 Å². The molecule has 1 aliphatic heterocycles. The highest BCUT2D eigenvalue weighted by Crippen LogP contribution is 2.24. The lowest BCUT2D eigenvalue weighted by atomic mass is 10.1. The van der Waals surface area contributed by atoms with Crippen LogP contribution in [0.25, 0.3) is 0 Å². The first-order valence-corrected chi connectivity index (χ1v) is 7.16. The summed E-state index contributed by atoms with van der Waals surface area (Å²) in [7, 11) is 0. The van der Waals surface area contributed by atoms with Crippen LogP contribution in [0.1, 0.15) is 29.6 Å². The topological polar surface area (TPSA) is 80.0 Å². The molecule has 1 aromatic rings. The Morgan fingerprint density at radius 3 is 3.17 bits per heavy atom. The van der Waals surface area contributed by atoms with E-state index in [1.165, 1.54) is 25.0 Å². The molecular weight excluding hydrogens is 248 g/mol. The van der Waals surface area contributed by atoms with Crippen LogP contribution in [0.5, 0.6) is 0 Å². The van der Waals surface area contributed by atoms with Gasteiger partial charge < -0.3 is 10.7 Å². The second kappa shape index (κ2) is 6.61.